The molecule has 1 atom stereocenters. The Morgan fingerprint density at radius 3 is 3.00 bits per heavy atom. The Labute approximate surface area is 131 Å². The molecule has 1 fully saturated rings. The summed E-state index contributed by atoms with van der Waals surface area (Å²) in [6, 6.07) is 4.65. The smallest absolute Gasteiger partial charge is 0.317 e. The molecule has 5 heteroatoms. The van der Waals surface area contributed by atoms with Crippen molar-refractivity contribution in [3.63, 3.8) is 0 Å². The first-order valence-electron chi connectivity index (χ1n) is 7.82. The Morgan fingerprint density at radius 2 is 2.29 bits per heavy atom. The van der Waals surface area contributed by atoms with Crippen LogP contribution in [-0.4, -0.2) is 37.7 Å². The molecule has 1 N–H and O–H groups in total. The summed E-state index contributed by atoms with van der Waals surface area (Å²) in [5, 5.41) is 3.03. The highest BCUT2D eigenvalue weighted by molar-refractivity contribution is 7.12. The molecule has 1 aromatic heterocycles. The van der Waals surface area contributed by atoms with Crippen molar-refractivity contribution in [1.82, 2.24) is 10.2 Å². The number of thiophene rings is 1. The molecule has 1 aliphatic rings. The molecule has 0 saturated carbocycles. The van der Waals surface area contributed by atoms with E-state index in [0.717, 1.165) is 25.8 Å². The van der Waals surface area contributed by atoms with Crippen LogP contribution in [0.15, 0.2) is 12.1 Å². The summed E-state index contributed by atoms with van der Waals surface area (Å²) in [6.45, 7) is 4.35. The van der Waals surface area contributed by atoms with Gasteiger partial charge in [-0.2, -0.15) is 0 Å². The lowest BCUT2D eigenvalue weighted by atomic mass is 10.1. The largest absolute Gasteiger partial charge is 0.385 e. The van der Waals surface area contributed by atoms with E-state index in [1.807, 2.05) is 16.2 Å². The van der Waals surface area contributed by atoms with Gasteiger partial charge in [-0.15, -0.1) is 11.3 Å². The maximum Gasteiger partial charge on any atom is 0.317 e. The first kappa shape index (κ1) is 16.3. The van der Waals surface area contributed by atoms with Crippen LogP contribution < -0.4 is 5.32 Å². The van der Waals surface area contributed by atoms with Crippen LogP contribution in [0.25, 0.3) is 0 Å². The number of nitrogens with one attached hydrogen (secondary N) is 1. The lowest BCUT2D eigenvalue weighted by molar-refractivity contribution is 0.171. The molecule has 2 heterocycles. The molecular weight excluding hydrogens is 284 g/mol. The Kier molecular flexibility index (Phi) is 6.51. The molecule has 2 rings (SSSR count). The molecule has 118 valence electrons. The van der Waals surface area contributed by atoms with E-state index in [-0.39, 0.29) is 12.1 Å². The molecule has 0 aliphatic carbocycles. The minimum Gasteiger partial charge on any atom is -0.385 e. The molecule has 21 heavy (non-hydrogen) atoms. The number of hydrogen-bond donors (Lipinski definition) is 1. The highest BCUT2D eigenvalue weighted by Gasteiger charge is 2.27. The van der Waals surface area contributed by atoms with Crippen molar-refractivity contribution in [2.24, 2.45) is 0 Å². The Hall–Kier alpha value is -1.07. The third-order valence-corrected chi connectivity index (χ3v) is 5.01. The van der Waals surface area contributed by atoms with E-state index >= 15 is 0 Å². The minimum atomic E-state index is 0.0732. The van der Waals surface area contributed by atoms with Crippen LogP contribution >= 0.6 is 11.3 Å². The van der Waals surface area contributed by atoms with E-state index in [0.29, 0.717) is 13.2 Å². The lowest BCUT2D eigenvalue weighted by Gasteiger charge is -2.29. The molecule has 2 amide bonds. The van der Waals surface area contributed by atoms with Gasteiger partial charge in [0, 0.05) is 36.6 Å². The van der Waals surface area contributed by atoms with Crippen molar-refractivity contribution in [2.45, 2.75) is 45.1 Å². The molecule has 1 saturated heterocycles. The second-order valence-electron chi connectivity index (χ2n) is 5.59. The SMILES string of the molecule is COCCCNC(=O)N1CCCCCC1c1ccc(C)s1. The number of hydrogen-bond acceptors (Lipinski definition) is 3. The molecule has 0 bridgehead atoms. The fourth-order valence-corrected chi connectivity index (χ4v) is 3.82. The summed E-state index contributed by atoms with van der Waals surface area (Å²) in [5.74, 6) is 0. The van der Waals surface area contributed by atoms with Crippen molar-refractivity contribution in [3.05, 3.63) is 21.9 Å². The molecule has 1 aromatic rings. The summed E-state index contributed by atoms with van der Waals surface area (Å²) in [7, 11) is 1.69. The average Bonchev–Trinajstić information content (AvgIpc) is 2.76. The summed E-state index contributed by atoms with van der Waals surface area (Å²) >= 11 is 1.81. The van der Waals surface area contributed by atoms with E-state index in [4.69, 9.17) is 4.74 Å². The van der Waals surface area contributed by atoms with Crippen molar-refractivity contribution >= 4 is 17.4 Å². The maximum atomic E-state index is 12.5. The van der Waals surface area contributed by atoms with Crippen molar-refractivity contribution in [2.75, 3.05) is 26.8 Å². The molecule has 0 aromatic carbocycles. The zero-order chi connectivity index (χ0) is 15.1. The monoisotopic (exact) mass is 310 g/mol. The van der Waals surface area contributed by atoms with Gasteiger partial charge in [-0.25, -0.2) is 4.79 Å². The Balaban J connectivity index is 2.00. The molecule has 0 spiro atoms. The second-order valence-corrected chi connectivity index (χ2v) is 6.90. The number of urea groups is 1. The molecule has 0 radical (unpaired) electrons. The number of methoxy groups -OCH3 is 1. The van der Waals surface area contributed by atoms with Gasteiger partial charge in [-0.1, -0.05) is 12.8 Å². The van der Waals surface area contributed by atoms with Gasteiger partial charge in [-0.3, -0.25) is 0 Å². The topological polar surface area (TPSA) is 41.6 Å². The number of likely N-dealkylation sites (tertiary alicyclic amines) is 1. The summed E-state index contributed by atoms with van der Waals surface area (Å²) in [4.78, 5) is 17.2. The number of aryl methyl sites for hydroxylation is 1. The minimum absolute atomic E-state index is 0.0732. The predicted octanol–water partition coefficient (Wildman–Crippen LogP) is 3.72. The second kappa shape index (κ2) is 8.39. The molecular formula is C16H26N2O2S. The number of carbonyl (C=O) groups excluding carboxylic acids is 1. The first-order chi connectivity index (χ1) is 10.2. The van der Waals surface area contributed by atoms with E-state index in [9.17, 15) is 4.79 Å². The van der Waals surface area contributed by atoms with Crippen LogP contribution in [0.3, 0.4) is 0 Å². The number of carbonyl (C=O) groups is 1. The average molecular weight is 310 g/mol. The van der Waals surface area contributed by atoms with Crippen molar-refractivity contribution in [3.8, 4) is 0 Å². The van der Waals surface area contributed by atoms with E-state index in [2.05, 4.69) is 24.4 Å². The fraction of sp³-hybridized carbons (Fsp3) is 0.688. The van der Waals surface area contributed by atoms with Gasteiger partial charge in [0.2, 0.25) is 0 Å². The Morgan fingerprint density at radius 1 is 1.43 bits per heavy atom. The highest BCUT2D eigenvalue weighted by Crippen LogP contribution is 2.34. The standard InChI is InChI=1S/C16H26N2O2S/c1-13-8-9-15(21-13)14-7-4-3-5-11-18(14)16(19)17-10-6-12-20-2/h8-9,14H,3-7,10-12H2,1-2H3,(H,17,19). The van der Waals surface area contributed by atoms with E-state index in [1.165, 1.54) is 22.6 Å². The van der Waals surface area contributed by atoms with Crippen LogP contribution in [0, 0.1) is 6.92 Å². The van der Waals surface area contributed by atoms with Crippen LogP contribution in [0.2, 0.25) is 0 Å². The molecule has 1 unspecified atom stereocenters. The molecule has 1 aliphatic heterocycles. The Bertz CT molecular complexity index is 447. The van der Waals surface area contributed by atoms with Crippen LogP contribution in [0.4, 0.5) is 4.79 Å². The van der Waals surface area contributed by atoms with Gasteiger partial charge in [0.05, 0.1) is 6.04 Å². The summed E-state index contributed by atoms with van der Waals surface area (Å²) in [6.07, 6.45) is 5.46. The third kappa shape index (κ3) is 4.71. The number of ether oxygens (including phenoxy) is 1. The van der Waals surface area contributed by atoms with Crippen LogP contribution in [0.1, 0.15) is 47.9 Å². The predicted molar refractivity (Wildman–Crippen MR) is 86.9 cm³/mol. The number of nitrogens with zero attached hydrogens (tertiary/aromatic N) is 1. The quantitative estimate of drug-likeness (QED) is 0.842. The van der Waals surface area contributed by atoms with Gasteiger partial charge < -0.3 is 15.0 Å². The van der Waals surface area contributed by atoms with Crippen LogP contribution in [0.5, 0.6) is 0 Å². The number of amides is 2. The number of rotatable bonds is 5. The zero-order valence-electron chi connectivity index (χ0n) is 13.1. The normalized spacial score (nSPS) is 19.3. The van der Waals surface area contributed by atoms with Gasteiger partial charge in [0.15, 0.2) is 0 Å². The van der Waals surface area contributed by atoms with Crippen LogP contribution in [-0.2, 0) is 4.74 Å². The van der Waals surface area contributed by atoms with Gasteiger partial charge in [0.25, 0.3) is 0 Å². The maximum absolute atomic E-state index is 12.5. The van der Waals surface area contributed by atoms with E-state index in [1.54, 1.807) is 7.11 Å². The summed E-state index contributed by atoms with van der Waals surface area (Å²) < 4.78 is 5.02. The fourth-order valence-electron chi connectivity index (χ4n) is 2.79. The highest BCUT2D eigenvalue weighted by atomic mass is 32.1. The van der Waals surface area contributed by atoms with Crippen molar-refractivity contribution in [1.29, 1.82) is 0 Å². The van der Waals surface area contributed by atoms with E-state index < -0.39 is 0 Å². The van der Waals surface area contributed by atoms with Crippen molar-refractivity contribution < 1.29 is 9.53 Å². The zero-order valence-corrected chi connectivity index (χ0v) is 13.9. The summed E-state index contributed by atoms with van der Waals surface area (Å²) in [5.41, 5.74) is 0. The van der Waals surface area contributed by atoms with Gasteiger partial charge >= 0.3 is 6.03 Å². The molecule has 4 nitrogen and oxygen atoms in total. The first-order valence-corrected chi connectivity index (χ1v) is 8.63. The third-order valence-electron chi connectivity index (χ3n) is 3.90. The van der Waals surface area contributed by atoms with Gasteiger partial charge in [0.1, 0.15) is 0 Å². The lowest BCUT2D eigenvalue weighted by Crippen LogP contribution is -2.42. The van der Waals surface area contributed by atoms with Gasteiger partial charge in [-0.05, 0) is 38.3 Å².